The van der Waals surface area contributed by atoms with Crippen LogP contribution in [0.3, 0.4) is 0 Å². The Bertz CT molecular complexity index is 1020. The Morgan fingerprint density at radius 3 is 2.41 bits per heavy atom. The molecule has 0 atom stereocenters. The van der Waals surface area contributed by atoms with Gasteiger partial charge >= 0.3 is 5.97 Å². The van der Waals surface area contributed by atoms with Crippen LogP contribution >= 0.6 is 0 Å². The second-order valence-corrected chi connectivity index (χ2v) is 7.25. The van der Waals surface area contributed by atoms with Crippen LogP contribution in [0.15, 0.2) is 55.0 Å². The van der Waals surface area contributed by atoms with E-state index in [-0.39, 0.29) is 12.3 Å². The number of allylic oxidation sites excluding steroid dienone is 4. The summed E-state index contributed by atoms with van der Waals surface area (Å²) in [5.74, 6) is 7.23. The van der Waals surface area contributed by atoms with E-state index in [1.54, 1.807) is 20.2 Å². The molecule has 6 nitrogen and oxygen atoms in total. The van der Waals surface area contributed by atoms with Crippen LogP contribution < -0.4 is 10.6 Å². The van der Waals surface area contributed by atoms with Gasteiger partial charge in [-0.3, -0.25) is 4.68 Å². The molecule has 34 heavy (non-hydrogen) atoms. The number of carbonyl (C=O) groups is 1. The number of hydrogen-bond acceptors (Lipinski definition) is 5. The molecule has 0 bridgehead atoms. The number of carbonyl (C=O) groups excluding carboxylic acids is 1. The lowest BCUT2D eigenvalue weighted by Gasteiger charge is -2.13. The number of nitrogens with two attached hydrogens (primary N) is 1. The fraction of sp³-hybridized carbons (Fsp3) is 0.393. The fourth-order valence-corrected chi connectivity index (χ4v) is 3.45. The summed E-state index contributed by atoms with van der Waals surface area (Å²) < 4.78 is 17.9. The Balaban J connectivity index is 0.00000281. The number of nitrogen functional groups attached to an aromatic ring is 1. The molecular formula is C28H40N2O4. The van der Waals surface area contributed by atoms with E-state index in [2.05, 4.69) is 20.4 Å². The van der Waals surface area contributed by atoms with Crippen molar-refractivity contribution in [2.75, 3.05) is 26.2 Å². The molecule has 0 radical (unpaired) electrons. The smallest absolute Gasteiger partial charge is 0.357 e. The molecule has 186 valence electrons. The molecule has 6 heteroatoms. The van der Waals surface area contributed by atoms with Gasteiger partial charge in [0.15, 0.2) is 5.69 Å². The van der Waals surface area contributed by atoms with Crippen molar-refractivity contribution in [3.8, 4) is 16.9 Å². The molecule has 1 aromatic heterocycles. The number of nitrogens with zero attached hydrogens (tertiary/aromatic N) is 1. The van der Waals surface area contributed by atoms with Crippen LogP contribution in [0, 0.1) is 6.92 Å². The number of ether oxygens (including phenoxy) is 3. The first kappa shape index (κ1) is 28.6. The average Bonchev–Trinajstić information content (AvgIpc) is 3.19. The van der Waals surface area contributed by atoms with Crippen molar-refractivity contribution < 1.29 is 19.0 Å². The van der Waals surface area contributed by atoms with Gasteiger partial charge in [-0.25, -0.2) is 4.79 Å². The number of methoxy groups -OCH3 is 1. The minimum Gasteiger partial charge on any atom is -0.496 e. The first-order valence-corrected chi connectivity index (χ1v) is 11.9. The van der Waals surface area contributed by atoms with E-state index in [0.29, 0.717) is 17.7 Å². The lowest BCUT2D eigenvalue weighted by Crippen LogP contribution is -2.18. The largest absolute Gasteiger partial charge is 0.496 e. The van der Waals surface area contributed by atoms with Crippen LogP contribution in [0.4, 0.5) is 0 Å². The van der Waals surface area contributed by atoms with Gasteiger partial charge in [0.05, 0.1) is 20.3 Å². The highest BCUT2D eigenvalue weighted by molar-refractivity contribution is 6.00. The van der Waals surface area contributed by atoms with Crippen molar-refractivity contribution in [3.63, 3.8) is 0 Å². The maximum Gasteiger partial charge on any atom is 0.357 e. The van der Waals surface area contributed by atoms with Crippen LogP contribution in [0.2, 0.25) is 0 Å². The van der Waals surface area contributed by atoms with Crippen LogP contribution in [0.25, 0.3) is 16.7 Å². The predicted octanol–water partition coefficient (Wildman–Crippen LogP) is 6.68. The van der Waals surface area contributed by atoms with E-state index in [1.807, 2.05) is 57.2 Å². The van der Waals surface area contributed by atoms with E-state index in [4.69, 9.17) is 20.1 Å². The van der Waals surface area contributed by atoms with Crippen LogP contribution in [0.1, 0.15) is 69.1 Å². The molecule has 0 aliphatic rings. The van der Waals surface area contributed by atoms with Gasteiger partial charge < -0.3 is 20.1 Å². The molecule has 0 fully saturated rings. The highest BCUT2D eigenvalue weighted by Gasteiger charge is 2.25. The SMILES string of the molecule is C=C(/C=C\C(=C/CC)OCCC)c1c(-c2cccc(OC)c2C)cn(N)c1C(=O)OCC.CC. The van der Waals surface area contributed by atoms with Gasteiger partial charge in [-0.2, -0.15) is 0 Å². The number of benzene rings is 1. The first-order valence-electron chi connectivity index (χ1n) is 11.9. The van der Waals surface area contributed by atoms with Crippen molar-refractivity contribution in [2.24, 2.45) is 0 Å². The molecule has 0 aliphatic carbocycles. The molecule has 2 rings (SSSR count). The fourth-order valence-electron chi connectivity index (χ4n) is 3.45. The van der Waals surface area contributed by atoms with Gasteiger partial charge in [0.1, 0.15) is 11.5 Å². The second kappa shape index (κ2) is 14.7. The van der Waals surface area contributed by atoms with Crippen molar-refractivity contribution in [2.45, 2.75) is 54.4 Å². The van der Waals surface area contributed by atoms with E-state index >= 15 is 0 Å². The van der Waals surface area contributed by atoms with Crippen LogP contribution in [0.5, 0.6) is 5.75 Å². The van der Waals surface area contributed by atoms with Crippen molar-refractivity contribution in [1.82, 2.24) is 4.68 Å². The summed E-state index contributed by atoms with van der Waals surface area (Å²) in [4.78, 5) is 12.8. The molecule has 0 unspecified atom stereocenters. The van der Waals surface area contributed by atoms with Crippen molar-refractivity contribution in [3.05, 3.63) is 71.8 Å². The van der Waals surface area contributed by atoms with Gasteiger partial charge in [0.2, 0.25) is 0 Å². The zero-order valence-corrected chi connectivity index (χ0v) is 21.7. The van der Waals surface area contributed by atoms with Gasteiger partial charge in [-0.05, 0) is 61.6 Å². The Labute approximate surface area is 204 Å². The van der Waals surface area contributed by atoms with Crippen LogP contribution in [-0.2, 0) is 9.47 Å². The molecule has 1 heterocycles. The van der Waals surface area contributed by atoms with E-state index in [1.165, 1.54) is 4.68 Å². The molecule has 1 aromatic carbocycles. The molecule has 0 saturated heterocycles. The highest BCUT2D eigenvalue weighted by atomic mass is 16.5. The van der Waals surface area contributed by atoms with E-state index in [9.17, 15) is 4.79 Å². The normalized spacial score (nSPS) is 11.1. The third kappa shape index (κ3) is 7.04. The topological polar surface area (TPSA) is 75.7 Å². The molecule has 0 amide bonds. The number of aromatic nitrogens is 1. The summed E-state index contributed by atoms with van der Waals surface area (Å²) in [6.07, 6.45) is 9.20. The number of esters is 1. The molecule has 2 N–H and O–H groups in total. The van der Waals surface area contributed by atoms with Crippen molar-refractivity contribution in [1.29, 1.82) is 0 Å². The molecule has 2 aromatic rings. The minimum absolute atomic E-state index is 0.244. The Hall–Kier alpha value is -3.41. The second-order valence-electron chi connectivity index (χ2n) is 7.25. The third-order valence-corrected chi connectivity index (χ3v) is 4.94. The quantitative estimate of drug-likeness (QED) is 0.172. The standard InChI is InChI=1S/C26H34N2O4.C2H6/c1-7-11-20(32-16-8-2)15-14-18(4)24-22(17-28(27)25(24)26(29)31-9-3)21-12-10-13-23(30-6)19(21)5;1-2/h10-15,17H,4,7-9,16,27H2,1-3,5-6H3;1-2H3/b15-14-,20-11+;. The molecule has 0 saturated carbocycles. The van der Waals surface area contributed by atoms with Gasteiger partial charge in [0.25, 0.3) is 0 Å². The minimum atomic E-state index is -0.502. The summed E-state index contributed by atoms with van der Waals surface area (Å²) in [5, 5.41) is 0. The van der Waals surface area contributed by atoms with E-state index in [0.717, 1.165) is 41.0 Å². The predicted molar refractivity (Wildman–Crippen MR) is 141 cm³/mol. The number of hydrogen-bond donors (Lipinski definition) is 1. The Kier molecular flexibility index (Phi) is 12.4. The zero-order valence-electron chi connectivity index (χ0n) is 21.7. The monoisotopic (exact) mass is 468 g/mol. The molecule has 0 spiro atoms. The van der Waals surface area contributed by atoms with Gasteiger partial charge in [-0.15, -0.1) is 0 Å². The van der Waals surface area contributed by atoms with Gasteiger partial charge in [-0.1, -0.05) is 52.5 Å². The van der Waals surface area contributed by atoms with E-state index < -0.39 is 5.97 Å². The summed E-state index contributed by atoms with van der Waals surface area (Å²) in [6.45, 7) is 16.9. The highest BCUT2D eigenvalue weighted by Crippen LogP contribution is 2.37. The summed E-state index contributed by atoms with van der Waals surface area (Å²) in [7, 11) is 1.63. The first-order chi connectivity index (χ1) is 16.4. The maximum atomic E-state index is 12.8. The summed E-state index contributed by atoms with van der Waals surface area (Å²) >= 11 is 0. The summed E-state index contributed by atoms with van der Waals surface area (Å²) in [5.41, 5.74) is 4.09. The summed E-state index contributed by atoms with van der Waals surface area (Å²) in [6, 6.07) is 5.77. The molecular weight excluding hydrogens is 428 g/mol. The van der Waals surface area contributed by atoms with Gasteiger partial charge in [0, 0.05) is 17.3 Å². The number of rotatable bonds is 11. The maximum absolute atomic E-state index is 12.8. The zero-order chi connectivity index (χ0) is 25.7. The van der Waals surface area contributed by atoms with Crippen molar-refractivity contribution >= 4 is 11.5 Å². The average molecular weight is 469 g/mol. The Morgan fingerprint density at radius 2 is 1.82 bits per heavy atom. The lowest BCUT2D eigenvalue weighted by atomic mass is 9.94. The van der Waals surface area contributed by atoms with Crippen LogP contribution in [-0.4, -0.2) is 31.0 Å². The molecule has 0 aliphatic heterocycles. The third-order valence-electron chi connectivity index (χ3n) is 4.94. The lowest BCUT2D eigenvalue weighted by molar-refractivity contribution is 0.0516. The Morgan fingerprint density at radius 1 is 1.12 bits per heavy atom.